The number of rotatable bonds is 3. The minimum Gasteiger partial charge on any atom is -0.372 e. The number of hydrogen-bond acceptors (Lipinski definition) is 3. The normalized spacial score (nSPS) is 31.7. The van der Waals surface area contributed by atoms with Crippen LogP contribution >= 0.6 is 0 Å². The van der Waals surface area contributed by atoms with Crippen molar-refractivity contribution < 1.29 is 9.53 Å². The number of carbonyl (C=O) groups excluding carboxylic acids is 1. The Balaban J connectivity index is 1.77. The Labute approximate surface area is 91.0 Å². The summed E-state index contributed by atoms with van der Waals surface area (Å²) < 4.78 is 5.59. The Morgan fingerprint density at radius 1 is 1.33 bits per heavy atom. The van der Waals surface area contributed by atoms with Crippen molar-refractivity contribution in [2.24, 2.45) is 0 Å². The number of amides is 1. The highest BCUT2D eigenvalue weighted by atomic mass is 16.5. The second-order valence-corrected chi connectivity index (χ2v) is 4.71. The first-order chi connectivity index (χ1) is 7.15. The zero-order valence-corrected chi connectivity index (χ0v) is 9.53. The Bertz CT molecular complexity index is 231. The molecule has 1 aliphatic heterocycles. The van der Waals surface area contributed by atoms with Crippen LogP contribution in [-0.2, 0) is 9.53 Å². The summed E-state index contributed by atoms with van der Waals surface area (Å²) in [4.78, 5) is 13.7. The molecule has 1 N–H and O–H groups in total. The predicted octanol–water partition coefficient (Wildman–Crippen LogP) is 0.374. The molecule has 2 rings (SSSR count). The molecule has 0 aromatic heterocycles. The van der Waals surface area contributed by atoms with E-state index in [9.17, 15) is 4.79 Å². The Morgan fingerprint density at radius 3 is 2.47 bits per heavy atom. The molecule has 2 aliphatic rings. The minimum absolute atomic E-state index is 0.165. The molecule has 0 radical (unpaired) electrons. The highest BCUT2D eigenvalue weighted by Crippen LogP contribution is 2.18. The van der Waals surface area contributed by atoms with Gasteiger partial charge < -0.3 is 15.0 Å². The average molecular weight is 212 g/mol. The first-order valence-electron chi connectivity index (χ1n) is 5.82. The molecule has 0 aromatic rings. The Hall–Kier alpha value is -0.610. The van der Waals surface area contributed by atoms with E-state index in [-0.39, 0.29) is 18.1 Å². The molecule has 2 fully saturated rings. The number of nitrogens with zero attached hydrogens (tertiary/aromatic N) is 1. The lowest BCUT2D eigenvalue weighted by atomic mass is 10.2. The van der Waals surface area contributed by atoms with Crippen LogP contribution in [0, 0.1) is 0 Å². The van der Waals surface area contributed by atoms with E-state index in [0.29, 0.717) is 12.6 Å². The van der Waals surface area contributed by atoms with Crippen LogP contribution in [0.1, 0.15) is 26.7 Å². The molecule has 0 spiro atoms. The second kappa shape index (κ2) is 4.49. The van der Waals surface area contributed by atoms with E-state index < -0.39 is 0 Å². The molecule has 86 valence electrons. The van der Waals surface area contributed by atoms with Gasteiger partial charge in [-0.2, -0.15) is 0 Å². The van der Waals surface area contributed by atoms with E-state index in [0.717, 1.165) is 13.1 Å². The Kier molecular flexibility index (Phi) is 3.26. The fourth-order valence-corrected chi connectivity index (χ4v) is 2.01. The quantitative estimate of drug-likeness (QED) is 0.735. The zero-order chi connectivity index (χ0) is 10.8. The van der Waals surface area contributed by atoms with Gasteiger partial charge in [0.1, 0.15) is 0 Å². The van der Waals surface area contributed by atoms with Crippen molar-refractivity contribution >= 4 is 5.91 Å². The van der Waals surface area contributed by atoms with Gasteiger partial charge in [-0.1, -0.05) is 0 Å². The molecule has 0 unspecified atom stereocenters. The fraction of sp³-hybridized carbons (Fsp3) is 0.909. The maximum absolute atomic E-state index is 11.8. The summed E-state index contributed by atoms with van der Waals surface area (Å²) in [5.74, 6) is 0.212. The molecule has 1 heterocycles. The average Bonchev–Trinajstić information content (AvgIpc) is 2.96. The van der Waals surface area contributed by atoms with Crippen LogP contribution in [0.4, 0.5) is 0 Å². The van der Waals surface area contributed by atoms with Crippen molar-refractivity contribution in [3.8, 4) is 0 Å². The maximum Gasteiger partial charge on any atom is 0.236 e. The monoisotopic (exact) mass is 212 g/mol. The standard InChI is InChI=1S/C11H20N2O2/c1-8-6-13(7-9(2)15-8)11(14)5-12-10-3-4-10/h8-10,12H,3-7H2,1-2H3/t8-,9-/m1/s1. The van der Waals surface area contributed by atoms with Crippen LogP contribution in [0.25, 0.3) is 0 Å². The van der Waals surface area contributed by atoms with Gasteiger partial charge in [0.15, 0.2) is 0 Å². The van der Waals surface area contributed by atoms with Gasteiger partial charge in [-0.05, 0) is 26.7 Å². The third-order valence-electron chi connectivity index (χ3n) is 2.89. The molecule has 1 aliphatic carbocycles. The Morgan fingerprint density at radius 2 is 1.93 bits per heavy atom. The van der Waals surface area contributed by atoms with E-state index in [1.807, 2.05) is 18.7 Å². The van der Waals surface area contributed by atoms with Crippen LogP contribution in [-0.4, -0.2) is 48.7 Å². The van der Waals surface area contributed by atoms with Gasteiger partial charge in [0.2, 0.25) is 5.91 Å². The van der Waals surface area contributed by atoms with Crippen LogP contribution in [0.3, 0.4) is 0 Å². The van der Waals surface area contributed by atoms with Gasteiger partial charge in [-0.3, -0.25) is 4.79 Å². The molecule has 1 saturated heterocycles. The third kappa shape index (κ3) is 3.18. The lowest BCUT2D eigenvalue weighted by Gasteiger charge is -2.35. The summed E-state index contributed by atoms with van der Waals surface area (Å²) in [5, 5.41) is 3.25. The second-order valence-electron chi connectivity index (χ2n) is 4.71. The van der Waals surface area contributed by atoms with E-state index >= 15 is 0 Å². The molecule has 4 heteroatoms. The minimum atomic E-state index is 0.165. The van der Waals surface area contributed by atoms with Crippen molar-refractivity contribution in [3.05, 3.63) is 0 Å². The topological polar surface area (TPSA) is 41.6 Å². The number of nitrogens with one attached hydrogen (secondary N) is 1. The zero-order valence-electron chi connectivity index (χ0n) is 9.53. The van der Waals surface area contributed by atoms with Gasteiger partial charge in [0.25, 0.3) is 0 Å². The first-order valence-corrected chi connectivity index (χ1v) is 5.82. The summed E-state index contributed by atoms with van der Waals surface area (Å²) in [7, 11) is 0. The smallest absolute Gasteiger partial charge is 0.236 e. The van der Waals surface area contributed by atoms with Gasteiger partial charge in [0.05, 0.1) is 18.8 Å². The summed E-state index contributed by atoms with van der Waals surface area (Å²) >= 11 is 0. The summed E-state index contributed by atoms with van der Waals surface area (Å²) in [6.45, 7) is 5.99. The SMILES string of the molecule is C[C@@H]1CN(C(=O)CNC2CC2)C[C@@H](C)O1. The summed E-state index contributed by atoms with van der Waals surface area (Å²) in [5.41, 5.74) is 0. The molecular weight excluding hydrogens is 192 g/mol. The molecule has 4 nitrogen and oxygen atoms in total. The fourth-order valence-electron chi connectivity index (χ4n) is 2.01. The molecule has 1 amide bonds. The molecule has 0 bridgehead atoms. The van der Waals surface area contributed by atoms with Gasteiger partial charge in [-0.15, -0.1) is 0 Å². The van der Waals surface area contributed by atoms with Crippen LogP contribution in [0.5, 0.6) is 0 Å². The van der Waals surface area contributed by atoms with E-state index in [1.54, 1.807) is 0 Å². The van der Waals surface area contributed by atoms with Gasteiger partial charge >= 0.3 is 0 Å². The predicted molar refractivity (Wildman–Crippen MR) is 57.6 cm³/mol. The first kappa shape index (κ1) is 10.9. The molecule has 1 saturated carbocycles. The van der Waals surface area contributed by atoms with Crippen molar-refractivity contribution in [1.29, 1.82) is 0 Å². The highest BCUT2D eigenvalue weighted by molar-refractivity contribution is 5.78. The van der Waals surface area contributed by atoms with Crippen molar-refractivity contribution in [1.82, 2.24) is 10.2 Å². The van der Waals surface area contributed by atoms with Crippen molar-refractivity contribution in [3.63, 3.8) is 0 Å². The van der Waals surface area contributed by atoms with E-state index in [2.05, 4.69) is 5.32 Å². The lowest BCUT2D eigenvalue weighted by Crippen LogP contribution is -2.50. The van der Waals surface area contributed by atoms with Crippen LogP contribution in [0.2, 0.25) is 0 Å². The van der Waals surface area contributed by atoms with Crippen molar-refractivity contribution in [2.45, 2.75) is 44.9 Å². The number of morpholine rings is 1. The number of carbonyl (C=O) groups is 1. The largest absolute Gasteiger partial charge is 0.372 e. The summed E-state index contributed by atoms with van der Waals surface area (Å²) in [6.07, 6.45) is 2.78. The molecule has 15 heavy (non-hydrogen) atoms. The van der Waals surface area contributed by atoms with Crippen LogP contribution in [0.15, 0.2) is 0 Å². The van der Waals surface area contributed by atoms with E-state index in [4.69, 9.17) is 4.74 Å². The third-order valence-corrected chi connectivity index (χ3v) is 2.89. The van der Waals surface area contributed by atoms with E-state index in [1.165, 1.54) is 12.8 Å². The lowest BCUT2D eigenvalue weighted by molar-refractivity contribution is -0.142. The summed E-state index contributed by atoms with van der Waals surface area (Å²) in [6, 6.07) is 0.602. The van der Waals surface area contributed by atoms with Crippen LogP contribution < -0.4 is 5.32 Å². The molecule has 0 aromatic carbocycles. The number of ether oxygens (including phenoxy) is 1. The maximum atomic E-state index is 11.8. The highest BCUT2D eigenvalue weighted by Gasteiger charge is 2.27. The van der Waals surface area contributed by atoms with Gasteiger partial charge in [-0.25, -0.2) is 0 Å². The van der Waals surface area contributed by atoms with Gasteiger partial charge in [0, 0.05) is 19.1 Å². The van der Waals surface area contributed by atoms with Crippen molar-refractivity contribution in [2.75, 3.05) is 19.6 Å². The molecular formula is C11H20N2O2. The molecule has 2 atom stereocenters. The number of hydrogen-bond donors (Lipinski definition) is 1.